The van der Waals surface area contributed by atoms with Crippen LogP contribution in [0.25, 0.3) is 0 Å². The van der Waals surface area contributed by atoms with E-state index in [1.165, 1.54) is 0 Å². The molecule has 3 N–H and O–H groups in total. The Labute approximate surface area is 151 Å². The molecular formula is C19H20ClN3O2. The average Bonchev–Trinajstić information content (AvgIpc) is 3.11. The number of nitrogens with zero attached hydrogens (tertiary/aromatic N) is 1. The molecule has 1 aliphatic heterocycles. The fourth-order valence-corrected chi connectivity index (χ4v) is 3.13. The quantitative estimate of drug-likeness (QED) is 0.862. The Kier molecular flexibility index (Phi) is 5.24. The highest BCUT2D eigenvalue weighted by Crippen LogP contribution is 2.30. The first-order valence-electron chi connectivity index (χ1n) is 8.26. The van der Waals surface area contributed by atoms with Crippen LogP contribution in [0, 0.1) is 0 Å². The zero-order valence-corrected chi connectivity index (χ0v) is 14.6. The summed E-state index contributed by atoms with van der Waals surface area (Å²) in [5.74, 6) is -0.662. The molecule has 1 heterocycles. The van der Waals surface area contributed by atoms with E-state index in [1.807, 2.05) is 18.2 Å². The highest BCUT2D eigenvalue weighted by Gasteiger charge is 2.18. The third-order valence-corrected chi connectivity index (χ3v) is 4.53. The molecule has 3 rings (SSSR count). The summed E-state index contributed by atoms with van der Waals surface area (Å²) in [6.07, 6.45) is 2.48. The average molecular weight is 358 g/mol. The summed E-state index contributed by atoms with van der Waals surface area (Å²) >= 11 is 5.87. The van der Waals surface area contributed by atoms with Crippen molar-refractivity contribution >= 4 is 34.8 Å². The Morgan fingerprint density at radius 2 is 1.76 bits per heavy atom. The molecule has 0 atom stereocenters. The third kappa shape index (κ3) is 4.31. The van der Waals surface area contributed by atoms with Crippen molar-refractivity contribution in [3.05, 3.63) is 58.6 Å². The molecule has 0 unspecified atom stereocenters. The fraction of sp³-hybridized carbons (Fsp3) is 0.263. The van der Waals surface area contributed by atoms with Gasteiger partial charge in [-0.15, -0.1) is 0 Å². The third-order valence-electron chi connectivity index (χ3n) is 4.28. The molecule has 1 saturated heterocycles. The molecule has 0 aliphatic carbocycles. The van der Waals surface area contributed by atoms with Gasteiger partial charge in [0.25, 0.3) is 0 Å². The van der Waals surface area contributed by atoms with Crippen LogP contribution in [0.15, 0.2) is 42.5 Å². The van der Waals surface area contributed by atoms with Crippen LogP contribution in [-0.2, 0) is 11.2 Å². The molecule has 2 aromatic rings. The first-order valence-corrected chi connectivity index (χ1v) is 8.64. The van der Waals surface area contributed by atoms with E-state index in [0.717, 1.165) is 37.2 Å². The van der Waals surface area contributed by atoms with E-state index in [9.17, 15) is 9.59 Å². The predicted octanol–water partition coefficient (Wildman–Crippen LogP) is 3.22. The van der Waals surface area contributed by atoms with E-state index in [2.05, 4.69) is 10.2 Å². The van der Waals surface area contributed by atoms with E-state index in [0.29, 0.717) is 16.3 Å². The molecule has 2 aromatic carbocycles. The number of amides is 2. The van der Waals surface area contributed by atoms with Gasteiger partial charge in [0.05, 0.1) is 17.8 Å². The van der Waals surface area contributed by atoms with Crippen LogP contribution in [0.5, 0.6) is 0 Å². The summed E-state index contributed by atoms with van der Waals surface area (Å²) in [5, 5.41) is 3.56. The molecule has 25 heavy (non-hydrogen) atoms. The van der Waals surface area contributed by atoms with E-state index >= 15 is 0 Å². The van der Waals surface area contributed by atoms with Gasteiger partial charge < -0.3 is 16.0 Å². The minimum absolute atomic E-state index is 0.149. The lowest BCUT2D eigenvalue weighted by atomic mass is 10.1. The highest BCUT2D eigenvalue weighted by molar-refractivity contribution is 6.30. The largest absolute Gasteiger partial charge is 0.370 e. The number of nitrogens with two attached hydrogens (primary N) is 1. The molecule has 0 radical (unpaired) electrons. The second-order valence-electron chi connectivity index (χ2n) is 6.14. The van der Waals surface area contributed by atoms with Gasteiger partial charge in [-0.2, -0.15) is 0 Å². The highest BCUT2D eigenvalue weighted by atomic mass is 35.5. The minimum atomic E-state index is -0.513. The number of primary amides is 1. The lowest BCUT2D eigenvalue weighted by Crippen LogP contribution is -2.22. The number of benzene rings is 2. The number of nitrogens with one attached hydrogen (secondary N) is 1. The number of carbonyl (C=O) groups excluding carboxylic acids is 2. The van der Waals surface area contributed by atoms with Crippen LogP contribution < -0.4 is 16.0 Å². The standard InChI is InChI=1S/C19H20ClN3O2/c20-15-6-3-13(4-7-15)11-18(24)22-16-12-14(19(21)25)5-8-17(16)23-9-1-2-10-23/h3-8,12H,1-2,9-11H2,(H2,21,25)(H,22,24). The molecule has 0 aromatic heterocycles. The van der Waals surface area contributed by atoms with Gasteiger partial charge in [0.2, 0.25) is 11.8 Å². The zero-order chi connectivity index (χ0) is 17.8. The number of halogens is 1. The monoisotopic (exact) mass is 357 g/mol. The summed E-state index contributed by atoms with van der Waals surface area (Å²) in [5.41, 5.74) is 8.17. The molecular weight excluding hydrogens is 338 g/mol. The normalized spacial score (nSPS) is 13.7. The van der Waals surface area contributed by atoms with Gasteiger partial charge in [0.1, 0.15) is 0 Å². The van der Waals surface area contributed by atoms with Gasteiger partial charge in [-0.1, -0.05) is 23.7 Å². The Morgan fingerprint density at radius 1 is 1.08 bits per heavy atom. The van der Waals surface area contributed by atoms with Gasteiger partial charge in [-0.3, -0.25) is 9.59 Å². The molecule has 6 heteroatoms. The molecule has 0 spiro atoms. The van der Waals surface area contributed by atoms with E-state index in [-0.39, 0.29) is 12.3 Å². The first kappa shape index (κ1) is 17.3. The molecule has 0 saturated carbocycles. The van der Waals surface area contributed by atoms with Crippen molar-refractivity contribution in [2.75, 3.05) is 23.3 Å². The van der Waals surface area contributed by atoms with Crippen molar-refractivity contribution in [2.24, 2.45) is 5.73 Å². The van der Waals surface area contributed by atoms with Crippen molar-refractivity contribution in [1.82, 2.24) is 0 Å². The van der Waals surface area contributed by atoms with Crippen molar-refractivity contribution in [3.8, 4) is 0 Å². The van der Waals surface area contributed by atoms with Gasteiger partial charge in [0, 0.05) is 23.7 Å². The van der Waals surface area contributed by atoms with Crippen molar-refractivity contribution < 1.29 is 9.59 Å². The molecule has 1 aliphatic rings. The Balaban J connectivity index is 1.80. The second-order valence-corrected chi connectivity index (χ2v) is 6.58. The SMILES string of the molecule is NC(=O)c1ccc(N2CCCC2)c(NC(=O)Cc2ccc(Cl)cc2)c1. The Bertz CT molecular complexity index is 784. The van der Waals surface area contributed by atoms with Gasteiger partial charge >= 0.3 is 0 Å². The van der Waals surface area contributed by atoms with Crippen LogP contribution >= 0.6 is 11.6 Å². The summed E-state index contributed by atoms with van der Waals surface area (Å²) < 4.78 is 0. The maximum atomic E-state index is 12.4. The van der Waals surface area contributed by atoms with Crippen LogP contribution in [0.3, 0.4) is 0 Å². The lowest BCUT2D eigenvalue weighted by molar-refractivity contribution is -0.115. The predicted molar refractivity (Wildman–Crippen MR) is 100 cm³/mol. The van der Waals surface area contributed by atoms with Gasteiger partial charge in [-0.25, -0.2) is 0 Å². The fourth-order valence-electron chi connectivity index (χ4n) is 3.01. The number of carbonyl (C=O) groups is 2. The first-order chi connectivity index (χ1) is 12.0. The number of anilines is 2. The molecule has 2 amide bonds. The van der Waals surface area contributed by atoms with E-state index < -0.39 is 5.91 Å². The Hall–Kier alpha value is -2.53. The topological polar surface area (TPSA) is 75.4 Å². The number of rotatable bonds is 5. The van der Waals surface area contributed by atoms with E-state index in [4.69, 9.17) is 17.3 Å². The Morgan fingerprint density at radius 3 is 2.40 bits per heavy atom. The number of hydrogen-bond donors (Lipinski definition) is 2. The second kappa shape index (κ2) is 7.57. The maximum absolute atomic E-state index is 12.4. The van der Waals surface area contributed by atoms with Crippen LogP contribution in [0.2, 0.25) is 5.02 Å². The summed E-state index contributed by atoms with van der Waals surface area (Å²) in [4.78, 5) is 26.1. The summed E-state index contributed by atoms with van der Waals surface area (Å²) in [6, 6.07) is 12.4. The summed E-state index contributed by atoms with van der Waals surface area (Å²) in [6.45, 7) is 1.88. The molecule has 0 bridgehead atoms. The van der Waals surface area contributed by atoms with Gasteiger partial charge in [0.15, 0.2) is 0 Å². The van der Waals surface area contributed by atoms with Gasteiger partial charge in [-0.05, 0) is 48.7 Å². The van der Waals surface area contributed by atoms with Crippen molar-refractivity contribution in [3.63, 3.8) is 0 Å². The summed E-state index contributed by atoms with van der Waals surface area (Å²) in [7, 11) is 0. The van der Waals surface area contributed by atoms with Crippen molar-refractivity contribution in [1.29, 1.82) is 0 Å². The molecule has 5 nitrogen and oxygen atoms in total. The smallest absolute Gasteiger partial charge is 0.248 e. The number of hydrogen-bond acceptors (Lipinski definition) is 3. The van der Waals surface area contributed by atoms with Crippen molar-refractivity contribution in [2.45, 2.75) is 19.3 Å². The maximum Gasteiger partial charge on any atom is 0.248 e. The van der Waals surface area contributed by atoms with E-state index in [1.54, 1.807) is 24.3 Å². The lowest BCUT2D eigenvalue weighted by Gasteiger charge is -2.22. The van der Waals surface area contributed by atoms with Crippen LogP contribution in [0.4, 0.5) is 11.4 Å². The molecule has 1 fully saturated rings. The van der Waals surface area contributed by atoms with Crippen LogP contribution in [-0.4, -0.2) is 24.9 Å². The molecule has 130 valence electrons. The van der Waals surface area contributed by atoms with Crippen LogP contribution in [0.1, 0.15) is 28.8 Å². The zero-order valence-electron chi connectivity index (χ0n) is 13.8. The minimum Gasteiger partial charge on any atom is -0.370 e.